The number of nitrogens with zero attached hydrogens (tertiary/aromatic N) is 3. The Kier molecular flexibility index (Phi) is 6.96. The standard InChI is InChI=1S/C23H26F4N4O3S/c1-14-18(24)20(26)22(21(27)19(14)25)30-9-11-31(12-10-30)23(32)16-13-15(35(33,34)28-2)5-6-17(16)29-7-3-4-8-29/h5-6,13,28H,3-4,7-12H2,1-2H3. The van der Waals surface area contributed by atoms with Crippen LogP contribution in [-0.4, -0.2) is 65.5 Å². The molecule has 2 fully saturated rings. The molecule has 2 aliphatic rings. The summed E-state index contributed by atoms with van der Waals surface area (Å²) in [5, 5.41) is 0. The number of piperazine rings is 1. The monoisotopic (exact) mass is 514 g/mol. The van der Waals surface area contributed by atoms with Gasteiger partial charge in [0.1, 0.15) is 5.69 Å². The van der Waals surface area contributed by atoms with Crippen LogP contribution in [-0.2, 0) is 10.0 Å². The first-order valence-electron chi connectivity index (χ1n) is 11.3. The average Bonchev–Trinajstić information content (AvgIpc) is 3.41. The minimum atomic E-state index is -3.79. The summed E-state index contributed by atoms with van der Waals surface area (Å²) in [5.41, 5.74) is -0.702. The van der Waals surface area contributed by atoms with Crippen LogP contribution in [0.4, 0.5) is 28.9 Å². The molecule has 1 N–H and O–H groups in total. The van der Waals surface area contributed by atoms with Crippen LogP contribution >= 0.6 is 0 Å². The van der Waals surface area contributed by atoms with Gasteiger partial charge in [0.25, 0.3) is 5.91 Å². The Bertz CT molecular complexity index is 1230. The highest BCUT2D eigenvalue weighted by molar-refractivity contribution is 7.89. The molecular weight excluding hydrogens is 488 g/mol. The highest BCUT2D eigenvalue weighted by atomic mass is 32.2. The molecule has 0 unspecified atom stereocenters. The number of anilines is 2. The van der Waals surface area contributed by atoms with E-state index in [1.165, 1.54) is 29.0 Å². The third-order valence-electron chi connectivity index (χ3n) is 6.57. The molecule has 7 nitrogen and oxygen atoms in total. The van der Waals surface area contributed by atoms with Gasteiger partial charge in [0.05, 0.1) is 10.5 Å². The molecule has 2 saturated heterocycles. The fourth-order valence-electron chi connectivity index (χ4n) is 4.52. The number of nitrogens with one attached hydrogen (secondary N) is 1. The van der Waals surface area contributed by atoms with E-state index in [1.54, 1.807) is 6.07 Å². The van der Waals surface area contributed by atoms with E-state index in [0.717, 1.165) is 32.9 Å². The molecule has 4 rings (SSSR count). The fraction of sp³-hybridized carbons (Fsp3) is 0.435. The quantitative estimate of drug-likeness (QED) is 0.491. The predicted molar refractivity (Wildman–Crippen MR) is 123 cm³/mol. The molecule has 0 aromatic heterocycles. The van der Waals surface area contributed by atoms with Crippen molar-refractivity contribution in [3.8, 4) is 0 Å². The van der Waals surface area contributed by atoms with Crippen molar-refractivity contribution in [2.45, 2.75) is 24.7 Å². The molecule has 2 aromatic rings. The first kappa shape index (κ1) is 25.2. The van der Waals surface area contributed by atoms with Gasteiger partial charge in [-0.15, -0.1) is 0 Å². The Balaban J connectivity index is 1.61. The summed E-state index contributed by atoms with van der Waals surface area (Å²) in [4.78, 5) is 18.0. The summed E-state index contributed by atoms with van der Waals surface area (Å²) >= 11 is 0. The number of hydrogen-bond donors (Lipinski definition) is 1. The summed E-state index contributed by atoms with van der Waals surface area (Å²) in [6.45, 7) is 2.35. The van der Waals surface area contributed by atoms with E-state index in [1.807, 2.05) is 4.90 Å². The number of sulfonamides is 1. The van der Waals surface area contributed by atoms with Crippen LogP contribution in [0.5, 0.6) is 0 Å². The van der Waals surface area contributed by atoms with Gasteiger partial charge in [-0.05, 0) is 45.0 Å². The maximum Gasteiger partial charge on any atom is 0.256 e. The molecular formula is C23H26F4N4O3S. The second-order valence-electron chi connectivity index (χ2n) is 8.59. The van der Waals surface area contributed by atoms with Crippen molar-refractivity contribution in [2.75, 3.05) is 56.1 Å². The van der Waals surface area contributed by atoms with Crippen molar-refractivity contribution < 1.29 is 30.8 Å². The number of benzene rings is 2. The number of carbonyl (C=O) groups is 1. The van der Waals surface area contributed by atoms with E-state index in [4.69, 9.17) is 0 Å². The van der Waals surface area contributed by atoms with E-state index in [9.17, 15) is 30.8 Å². The number of halogens is 4. The Morgan fingerprint density at radius 2 is 1.43 bits per heavy atom. The molecule has 0 radical (unpaired) electrons. The zero-order chi connectivity index (χ0) is 25.5. The molecule has 12 heteroatoms. The maximum absolute atomic E-state index is 14.5. The highest BCUT2D eigenvalue weighted by Gasteiger charge is 2.32. The van der Waals surface area contributed by atoms with Crippen LogP contribution in [0.2, 0.25) is 0 Å². The van der Waals surface area contributed by atoms with Crippen molar-refractivity contribution in [2.24, 2.45) is 0 Å². The van der Waals surface area contributed by atoms with Crippen molar-refractivity contribution in [1.82, 2.24) is 9.62 Å². The molecule has 1 amide bonds. The summed E-state index contributed by atoms with van der Waals surface area (Å²) in [6.07, 6.45) is 1.90. The minimum absolute atomic E-state index is 0.0251. The molecule has 0 aliphatic carbocycles. The Labute approximate surface area is 201 Å². The van der Waals surface area contributed by atoms with Gasteiger partial charge in [0.2, 0.25) is 10.0 Å². The van der Waals surface area contributed by atoms with Crippen LogP contribution in [0, 0.1) is 30.2 Å². The van der Waals surface area contributed by atoms with Gasteiger partial charge in [-0.3, -0.25) is 4.79 Å². The highest BCUT2D eigenvalue weighted by Crippen LogP contribution is 2.32. The van der Waals surface area contributed by atoms with Crippen LogP contribution in [0.25, 0.3) is 0 Å². The summed E-state index contributed by atoms with van der Waals surface area (Å²) in [6, 6.07) is 4.39. The molecule has 0 spiro atoms. The Morgan fingerprint density at radius 3 is 1.97 bits per heavy atom. The minimum Gasteiger partial charge on any atom is -0.371 e. The normalized spacial score (nSPS) is 16.8. The molecule has 190 valence electrons. The molecule has 2 aromatic carbocycles. The number of carbonyl (C=O) groups excluding carboxylic acids is 1. The lowest BCUT2D eigenvalue weighted by molar-refractivity contribution is 0.0746. The largest absolute Gasteiger partial charge is 0.371 e. The SMILES string of the molecule is CNS(=O)(=O)c1ccc(N2CCCC2)c(C(=O)N2CCN(c3c(F)c(F)c(C)c(F)c3F)CC2)c1. The maximum atomic E-state index is 14.5. The lowest BCUT2D eigenvalue weighted by atomic mass is 10.1. The van der Waals surface area contributed by atoms with Crippen LogP contribution in [0.1, 0.15) is 28.8 Å². The number of rotatable bonds is 5. The lowest BCUT2D eigenvalue weighted by Gasteiger charge is -2.37. The van der Waals surface area contributed by atoms with Gasteiger partial charge in [0.15, 0.2) is 23.3 Å². The van der Waals surface area contributed by atoms with E-state index in [0.29, 0.717) is 5.69 Å². The van der Waals surface area contributed by atoms with E-state index >= 15 is 0 Å². The zero-order valence-electron chi connectivity index (χ0n) is 19.4. The molecule has 0 atom stereocenters. The smallest absolute Gasteiger partial charge is 0.256 e. The van der Waals surface area contributed by atoms with E-state index in [2.05, 4.69) is 4.72 Å². The van der Waals surface area contributed by atoms with E-state index < -0.39 is 50.5 Å². The van der Waals surface area contributed by atoms with Crippen LogP contribution in [0.3, 0.4) is 0 Å². The van der Waals surface area contributed by atoms with Gasteiger partial charge in [-0.25, -0.2) is 30.7 Å². The zero-order valence-corrected chi connectivity index (χ0v) is 20.2. The lowest BCUT2D eigenvalue weighted by Crippen LogP contribution is -2.49. The first-order valence-corrected chi connectivity index (χ1v) is 12.7. The van der Waals surface area contributed by atoms with E-state index in [-0.39, 0.29) is 36.6 Å². The summed E-state index contributed by atoms with van der Waals surface area (Å²) in [5.74, 6) is -6.27. The molecule has 2 heterocycles. The van der Waals surface area contributed by atoms with Gasteiger partial charge in [0, 0.05) is 50.5 Å². The number of amides is 1. The van der Waals surface area contributed by atoms with Crippen LogP contribution < -0.4 is 14.5 Å². The second-order valence-corrected chi connectivity index (χ2v) is 10.5. The third kappa shape index (κ3) is 4.56. The molecule has 0 bridgehead atoms. The fourth-order valence-corrected chi connectivity index (χ4v) is 5.27. The third-order valence-corrected chi connectivity index (χ3v) is 7.98. The Morgan fingerprint density at radius 1 is 0.857 bits per heavy atom. The van der Waals surface area contributed by atoms with Crippen LogP contribution in [0.15, 0.2) is 23.1 Å². The van der Waals surface area contributed by atoms with Gasteiger partial charge in [-0.2, -0.15) is 0 Å². The average molecular weight is 515 g/mol. The van der Waals surface area contributed by atoms with Crippen molar-refractivity contribution in [1.29, 1.82) is 0 Å². The van der Waals surface area contributed by atoms with Crippen molar-refractivity contribution in [3.05, 3.63) is 52.6 Å². The van der Waals surface area contributed by atoms with Gasteiger partial charge < -0.3 is 14.7 Å². The van der Waals surface area contributed by atoms with Gasteiger partial charge in [-0.1, -0.05) is 0 Å². The molecule has 2 aliphatic heterocycles. The first-order chi connectivity index (χ1) is 16.6. The topological polar surface area (TPSA) is 73.0 Å². The molecule has 35 heavy (non-hydrogen) atoms. The van der Waals surface area contributed by atoms with Gasteiger partial charge >= 0.3 is 0 Å². The summed E-state index contributed by atoms with van der Waals surface area (Å²) in [7, 11) is -2.52. The number of hydrogen-bond acceptors (Lipinski definition) is 5. The van der Waals surface area contributed by atoms with Crippen molar-refractivity contribution >= 4 is 27.3 Å². The predicted octanol–water partition coefficient (Wildman–Crippen LogP) is 3.02. The summed E-state index contributed by atoms with van der Waals surface area (Å²) < 4.78 is 83.9. The second kappa shape index (κ2) is 9.65. The Hall–Kier alpha value is -2.86. The molecule has 0 saturated carbocycles. The van der Waals surface area contributed by atoms with Crippen molar-refractivity contribution in [3.63, 3.8) is 0 Å².